The van der Waals surface area contributed by atoms with Crippen molar-refractivity contribution in [3.8, 4) is 0 Å². The van der Waals surface area contributed by atoms with Crippen molar-refractivity contribution in [2.45, 2.75) is 88.6 Å². The lowest BCUT2D eigenvalue weighted by atomic mass is 9.52. The van der Waals surface area contributed by atoms with Crippen molar-refractivity contribution in [1.29, 1.82) is 0 Å². The number of hydrogen-bond acceptors (Lipinski definition) is 10. The van der Waals surface area contributed by atoms with Crippen LogP contribution in [0.25, 0.3) is 0 Å². The zero-order valence-corrected chi connectivity index (χ0v) is 22.8. The van der Waals surface area contributed by atoms with Crippen molar-refractivity contribution in [2.24, 2.45) is 22.7 Å². The minimum atomic E-state index is -1.22. The smallest absolute Gasteiger partial charge is 0.310 e. The SMILES string of the molecule is O=C(O)C1(CC2CO2)CCCCC1(CC1CO1)C(=O)O.O=C(OCC1CO1)C1CCCCC1C(=O)OCC1CO1. The largest absolute Gasteiger partial charge is 0.481 e. The molecule has 4 saturated heterocycles. The van der Waals surface area contributed by atoms with Crippen LogP contribution in [0.3, 0.4) is 0 Å². The highest BCUT2D eigenvalue weighted by Gasteiger charge is 2.64. The summed E-state index contributed by atoms with van der Waals surface area (Å²) in [5.41, 5.74) is -2.44. The number of carbonyl (C=O) groups is 4. The molecule has 2 saturated carbocycles. The summed E-state index contributed by atoms with van der Waals surface area (Å²) >= 11 is 0. The molecule has 6 rings (SSSR count). The standard InChI is InChI=1S/2C14H20O6/c15-11(16)13(5-9-7-19-9)3-1-2-4-14(13,12(17)18)6-10-8-20-10;15-13(19-7-9-5-17-9)11-3-1-2-4-12(11)14(16)20-8-10-6-18-10/h9-10H,1-8H2,(H,15,16)(H,17,18);9-12H,1-8H2. The monoisotopic (exact) mass is 568 g/mol. The number of carboxylic acid groups (broad SMARTS) is 2. The van der Waals surface area contributed by atoms with E-state index in [1.165, 1.54) is 0 Å². The second-order valence-electron chi connectivity index (χ2n) is 12.0. The maximum Gasteiger partial charge on any atom is 0.310 e. The Bertz CT molecular complexity index is 877. The van der Waals surface area contributed by atoms with E-state index in [-0.39, 0.29) is 48.2 Å². The molecule has 224 valence electrons. The Morgan fingerprint density at radius 2 is 0.950 bits per heavy atom. The van der Waals surface area contributed by atoms with Crippen LogP contribution in [-0.2, 0) is 47.6 Å². The molecule has 2 N–H and O–H groups in total. The molecule has 6 aliphatic rings. The second-order valence-corrected chi connectivity index (χ2v) is 12.0. The number of carboxylic acids is 2. The average molecular weight is 569 g/mol. The molecule has 0 radical (unpaired) electrons. The Morgan fingerprint density at radius 1 is 0.600 bits per heavy atom. The van der Waals surface area contributed by atoms with Gasteiger partial charge in [-0.25, -0.2) is 0 Å². The van der Waals surface area contributed by atoms with Gasteiger partial charge in [0.05, 0.1) is 61.3 Å². The number of aliphatic carboxylic acids is 2. The van der Waals surface area contributed by atoms with E-state index < -0.39 is 22.8 Å². The van der Waals surface area contributed by atoms with E-state index in [0.717, 1.165) is 25.7 Å². The molecule has 2 aliphatic carbocycles. The molecule has 12 heteroatoms. The van der Waals surface area contributed by atoms with E-state index in [1.54, 1.807) is 0 Å². The normalized spacial score (nSPS) is 39.1. The molecule has 0 spiro atoms. The number of hydrogen-bond donors (Lipinski definition) is 2. The summed E-state index contributed by atoms with van der Waals surface area (Å²) in [6.07, 6.45) is 6.20. The Hall–Kier alpha value is -2.28. The predicted octanol–water partition coefficient (Wildman–Crippen LogP) is 1.96. The molecule has 0 aromatic carbocycles. The van der Waals surface area contributed by atoms with Crippen LogP contribution < -0.4 is 0 Å². The predicted molar refractivity (Wildman–Crippen MR) is 134 cm³/mol. The molecule has 4 heterocycles. The third-order valence-corrected chi connectivity index (χ3v) is 9.15. The van der Waals surface area contributed by atoms with Gasteiger partial charge in [0.25, 0.3) is 0 Å². The zero-order valence-electron chi connectivity index (χ0n) is 22.8. The van der Waals surface area contributed by atoms with Gasteiger partial charge in [-0.3, -0.25) is 19.2 Å². The highest BCUT2D eigenvalue weighted by atomic mass is 16.6. The minimum Gasteiger partial charge on any atom is -0.481 e. The quantitative estimate of drug-likeness (QED) is 0.259. The summed E-state index contributed by atoms with van der Waals surface area (Å²) < 4.78 is 30.9. The van der Waals surface area contributed by atoms with E-state index in [0.29, 0.717) is 78.2 Å². The van der Waals surface area contributed by atoms with Gasteiger partial charge in [0, 0.05) is 0 Å². The van der Waals surface area contributed by atoms with Gasteiger partial charge in [-0.2, -0.15) is 0 Å². The lowest BCUT2D eigenvalue weighted by molar-refractivity contribution is -0.183. The van der Waals surface area contributed by atoms with E-state index in [1.807, 2.05) is 0 Å². The molecule has 12 nitrogen and oxygen atoms in total. The number of rotatable bonds is 12. The molecule has 6 fully saturated rings. The molecule has 8 unspecified atom stereocenters. The third kappa shape index (κ3) is 6.95. The lowest BCUT2D eigenvalue weighted by Gasteiger charge is -2.48. The molecule has 8 atom stereocenters. The van der Waals surface area contributed by atoms with Gasteiger partial charge >= 0.3 is 23.9 Å². The highest BCUT2D eigenvalue weighted by Crippen LogP contribution is 2.58. The van der Waals surface area contributed by atoms with Crippen molar-refractivity contribution in [2.75, 3.05) is 39.6 Å². The third-order valence-electron chi connectivity index (χ3n) is 9.15. The first-order chi connectivity index (χ1) is 19.2. The summed E-state index contributed by atoms with van der Waals surface area (Å²) in [4.78, 5) is 48.2. The van der Waals surface area contributed by atoms with Crippen molar-refractivity contribution in [1.82, 2.24) is 0 Å². The van der Waals surface area contributed by atoms with Crippen molar-refractivity contribution < 1.29 is 57.8 Å². The van der Waals surface area contributed by atoms with Gasteiger partial charge < -0.3 is 38.6 Å². The Labute approximate surface area is 232 Å². The first kappa shape index (κ1) is 29.2. The van der Waals surface area contributed by atoms with Gasteiger partial charge in [-0.15, -0.1) is 0 Å². The van der Waals surface area contributed by atoms with Crippen molar-refractivity contribution in [3.05, 3.63) is 0 Å². The first-order valence-corrected chi connectivity index (χ1v) is 14.5. The highest BCUT2D eigenvalue weighted by molar-refractivity contribution is 5.87. The van der Waals surface area contributed by atoms with Crippen LogP contribution in [0.15, 0.2) is 0 Å². The summed E-state index contributed by atoms with van der Waals surface area (Å²) in [5.74, 6) is -3.29. The van der Waals surface area contributed by atoms with Crippen LogP contribution in [0.1, 0.15) is 64.2 Å². The summed E-state index contributed by atoms with van der Waals surface area (Å²) in [6, 6.07) is 0. The van der Waals surface area contributed by atoms with Crippen molar-refractivity contribution >= 4 is 23.9 Å². The van der Waals surface area contributed by atoms with Crippen LogP contribution in [0, 0.1) is 22.7 Å². The van der Waals surface area contributed by atoms with Crippen LogP contribution >= 0.6 is 0 Å². The van der Waals surface area contributed by atoms with E-state index in [9.17, 15) is 29.4 Å². The van der Waals surface area contributed by atoms with E-state index in [4.69, 9.17) is 28.4 Å². The molecule has 4 aliphatic heterocycles. The maximum absolute atomic E-state index is 12.1. The first-order valence-electron chi connectivity index (χ1n) is 14.5. The lowest BCUT2D eigenvalue weighted by Crippen LogP contribution is -2.55. The molecule has 0 amide bonds. The maximum atomic E-state index is 12.1. The van der Waals surface area contributed by atoms with Crippen LogP contribution in [0.2, 0.25) is 0 Å². The number of ether oxygens (including phenoxy) is 6. The van der Waals surface area contributed by atoms with Gasteiger partial charge in [-0.1, -0.05) is 25.7 Å². The topological polar surface area (TPSA) is 177 Å². The van der Waals surface area contributed by atoms with Crippen LogP contribution in [0.5, 0.6) is 0 Å². The average Bonchev–Trinajstić information content (AvgIpc) is 3.77. The fourth-order valence-corrected chi connectivity index (χ4v) is 6.46. The summed E-state index contributed by atoms with van der Waals surface area (Å²) in [5, 5.41) is 19.6. The molecular formula is C28H40O12. The summed E-state index contributed by atoms with van der Waals surface area (Å²) in [6.45, 7) is 3.00. The minimum absolute atomic E-state index is 0.0555. The second kappa shape index (κ2) is 12.3. The zero-order chi connectivity index (χ0) is 28.3. The van der Waals surface area contributed by atoms with Gasteiger partial charge in [0.1, 0.15) is 25.4 Å². The number of epoxide rings is 4. The Morgan fingerprint density at radius 3 is 1.25 bits per heavy atom. The van der Waals surface area contributed by atoms with E-state index >= 15 is 0 Å². The fraction of sp³-hybridized carbons (Fsp3) is 0.857. The van der Waals surface area contributed by atoms with Gasteiger partial charge in [-0.05, 0) is 38.5 Å². The number of esters is 2. The Balaban J connectivity index is 0.000000161. The van der Waals surface area contributed by atoms with Crippen LogP contribution in [-0.4, -0.2) is 98.1 Å². The molecule has 0 aromatic rings. The van der Waals surface area contributed by atoms with E-state index in [2.05, 4.69) is 0 Å². The molecule has 0 aromatic heterocycles. The summed E-state index contributed by atoms with van der Waals surface area (Å²) in [7, 11) is 0. The number of carbonyl (C=O) groups excluding carboxylic acids is 2. The van der Waals surface area contributed by atoms with Gasteiger partial charge in [0.15, 0.2) is 0 Å². The van der Waals surface area contributed by atoms with Crippen molar-refractivity contribution in [3.63, 3.8) is 0 Å². The van der Waals surface area contributed by atoms with Gasteiger partial charge in [0.2, 0.25) is 0 Å². The molecule has 40 heavy (non-hydrogen) atoms. The molecule has 0 bridgehead atoms. The van der Waals surface area contributed by atoms with Crippen LogP contribution in [0.4, 0.5) is 0 Å². The molecular weight excluding hydrogens is 528 g/mol. The fourth-order valence-electron chi connectivity index (χ4n) is 6.46. The Kier molecular flexibility index (Phi) is 8.98.